The predicted octanol–water partition coefficient (Wildman–Crippen LogP) is 8.36. The summed E-state index contributed by atoms with van der Waals surface area (Å²) in [7, 11) is 0. The quantitative estimate of drug-likeness (QED) is 0.0677. The lowest BCUT2D eigenvalue weighted by atomic mass is 9.91. The van der Waals surface area contributed by atoms with E-state index in [2.05, 4.69) is 37.5 Å². The number of β-amino-alcohol motifs (C(OH)–C–C–N with tert-alkyl or cyclic N) is 1. The number of fused-ring (bicyclic) bond motifs is 4. The fraction of sp³-hybridized carbons (Fsp3) is 0.466. The zero-order valence-corrected chi connectivity index (χ0v) is 45.1. The number of aromatic nitrogens is 5. The van der Waals surface area contributed by atoms with Crippen LogP contribution in [-0.2, 0) is 16.0 Å². The van der Waals surface area contributed by atoms with Gasteiger partial charge in [0.2, 0.25) is 11.8 Å². The van der Waals surface area contributed by atoms with E-state index in [1.165, 1.54) is 4.90 Å². The molecule has 2 bridgehead atoms. The van der Waals surface area contributed by atoms with Crippen molar-refractivity contribution in [1.82, 2.24) is 45.5 Å². The summed E-state index contributed by atoms with van der Waals surface area (Å²) in [6.07, 6.45) is 5.58. The molecular formula is C58H67FN10O7S. The van der Waals surface area contributed by atoms with E-state index in [1.54, 1.807) is 35.7 Å². The zero-order valence-electron chi connectivity index (χ0n) is 44.2. The molecule has 4 saturated heterocycles. The summed E-state index contributed by atoms with van der Waals surface area (Å²) >= 11 is 1.59. The number of piperazine rings is 1. The number of hydrogen-bond acceptors (Lipinski definition) is 16. The van der Waals surface area contributed by atoms with Crippen LogP contribution < -0.4 is 25.0 Å². The van der Waals surface area contributed by atoms with Crippen molar-refractivity contribution >= 4 is 50.6 Å². The number of aromatic hydroxyl groups is 1. The first kappa shape index (κ1) is 52.3. The molecule has 0 radical (unpaired) electrons. The van der Waals surface area contributed by atoms with Crippen molar-refractivity contribution in [2.24, 2.45) is 11.8 Å². The minimum atomic E-state index is -0.849. The van der Waals surface area contributed by atoms with Crippen LogP contribution in [0.3, 0.4) is 0 Å². The van der Waals surface area contributed by atoms with Crippen LogP contribution in [0, 0.1) is 24.6 Å². The Balaban J connectivity index is 0.700. The lowest BCUT2D eigenvalue weighted by Gasteiger charge is -2.34. The molecule has 2 unspecified atom stereocenters. The molecule has 19 heteroatoms. The van der Waals surface area contributed by atoms with E-state index < -0.39 is 23.9 Å². The Kier molecular flexibility index (Phi) is 15.1. The topological polar surface area (TPSA) is 204 Å². The number of carbonyl (C=O) groups is 2. The van der Waals surface area contributed by atoms with Gasteiger partial charge in [-0.15, -0.1) is 11.3 Å². The summed E-state index contributed by atoms with van der Waals surface area (Å²) in [4.78, 5) is 53.9. The molecule has 17 nitrogen and oxygen atoms in total. The Labute approximate surface area is 451 Å². The Morgan fingerprint density at radius 2 is 1.75 bits per heavy atom. The van der Waals surface area contributed by atoms with Gasteiger partial charge >= 0.3 is 6.01 Å². The van der Waals surface area contributed by atoms with Gasteiger partial charge < -0.3 is 44.6 Å². The number of ether oxygens (including phenoxy) is 2. The smallest absolute Gasteiger partial charge is 0.319 e. The summed E-state index contributed by atoms with van der Waals surface area (Å²) in [5.74, 6) is -0.644. The third-order valence-electron chi connectivity index (χ3n) is 16.0. The van der Waals surface area contributed by atoms with Gasteiger partial charge in [0.15, 0.2) is 11.6 Å². The molecule has 4 aromatic heterocycles. The number of nitrogens with one attached hydrogen (secondary N) is 2. The largest absolute Gasteiger partial charge is 0.508 e. The van der Waals surface area contributed by atoms with Gasteiger partial charge in [0.25, 0.3) is 5.88 Å². The lowest BCUT2D eigenvalue weighted by molar-refractivity contribution is -0.141. The number of aryl methyl sites for hydroxylation is 2. The maximum Gasteiger partial charge on any atom is 0.319 e. The van der Waals surface area contributed by atoms with Crippen molar-refractivity contribution in [3.8, 4) is 39.3 Å². The third-order valence-corrected chi connectivity index (χ3v) is 17.0. The molecule has 11 rings (SSSR count). The minimum absolute atomic E-state index is 0.0307. The van der Waals surface area contributed by atoms with Crippen LogP contribution >= 0.6 is 11.3 Å². The second-order valence-corrected chi connectivity index (χ2v) is 22.5. The molecule has 4 aliphatic heterocycles. The highest BCUT2D eigenvalue weighted by Gasteiger charge is 2.44. The standard InChI is InChI=1S/C58H67FN10O7S/c1-6-36-8-7-9-39-22-42(70)23-44(50(36)39)52-51(59)53-45(26-60-52)55(68-27-40-14-15-41(28-68)63-40)65-58(64-53)74-21-20-67-18-16-35(17-19-67)30-75-48-25-47(76-66-48)49(32(2)3)57(73)69-29-43(71)24-46(69)56(72)62-33(4)37-10-12-38(13-11-37)54-34(5)61-31-77-54/h7-13,22-23,25-26,31-33,35,40-41,43,46,49,63,70-71H,6,14-21,24,27-30H2,1-5H3,(H,62,72)/t33-,40?,41?,43+,46-,49+/m0/s1. The first-order valence-electron chi connectivity index (χ1n) is 27.1. The molecule has 6 atom stereocenters. The van der Waals surface area contributed by atoms with Crippen LogP contribution in [0.5, 0.6) is 17.6 Å². The van der Waals surface area contributed by atoms with Gasteiger partial charge in [0.1, 0.15) is 41.3 Å². The SMILES string of the molecule is CCc1cccc2cc(O)cc(-c3ncc4c(N5CC6CCC(C5)N6)nc(OCCN5CCC(COc6cc([C@H](C(=O)N7C[C@H](O)C[C@H]7C(=O)N[C@@H](C)c7ccc(-c8scnc8C)cc7)C(C)C)on6)CC5)nc4c3F)c12. The number of amides is 2. The van der Waals surface area contributed by atoms with Gasteiger partial charge in [-0.25, -0.2) is 9.37 Å². The molecule has 77 heavy (non-hydrogen) atoms. The van der Waals surface area contributed by atoms with Crippen molar-refractivity contribution in [1.29, 1.82) is 0 Å². The molecule has 8 heterocycles. The van der Waals surface area contributed by atoms with Gasteiger partial charge in [0.05, 0.1) is 40.2 Å². The maximum atomic E-state index is 17.1. The number of piperidine rings is 1. The normalized spacial score (nSPS) is 20.8. The van der Waals surface area contributed by atoms with Gasteiger partial charge in [-0.1, -0.05) is 63.2 Å². The number of nitrogens with zero attached hydrogens (tertiary/aromatic N) is 8. The summed E-state index contributed by atoms with van der Waals surface area (Å²) in [5, 5.41) is 34.7. The van der Waals surface area contributed by atoms with Crippen LogP contribution in [0.1, 0.15) is 94.3 Å². The van der Waals surface area contributed by atoms with Crippen molar-refractivity contribution in [2.75, 3.05) is 57.4 Å². The lowest BCUT2D eigenvalue weighted by Crippen LogP contribution is -2.51. The van der Waals surface area contributed by atoms with E-state index in [1.807, 2.05) is 75.7 Å². The maximum absolute atomic E-state index is 17.1. The van der Waals surface area contributed by atoms with Crippen molar-refractivity contribution in [3.05, 3.63) is 101 Å². The van der Waals surface area contributed by atoms with Crippen LogP contribution in [0.15, 0.2) is 76.9 Å². The van der Waals surface area contributed by atoms with E-state index in [-0.39, 0.29) is 65.6 Å². The molecule has 404 valence electrons. The summed E-state index contributed by atoms with van der Waals surface area (Å²) in [6, 6.07) is 18.4. The van der Waals surface area contributed by atoms with E-state index >= 15 is 4.39 Å². The zero-order chi connectivity index (χ0) is 53.5. The molecule has 4 aliphatic rings. The van der Waals surface area contributed by atoms with Crippen LogP contribution in [-0.4, -0.2) is 134 Å². The van der Waals surface area contributed by atoms with Crippen LogP contribution in [0.4, 0.5) is 10.2 Å². The fourth-order valence-electron chi connectivity index (χ4n) is 11.9. The first-order valence-corrected chi connectivity index (χ1v) is 28.0. The predicted molar refractivity (Wildman–Crippen MR) is 293 cm³/mol. The molecule has 7 aromatic rings. The monoisotopic (exact) mass is 1070 g/mol. The number of benzene rings is 3. The van der Waals surface area contributed by atoms with E-state index in [9.17, 15) is 19.8 Å². The Hall–Kier alpha value is -6.80. The average Bonchev–Trinajstić information content (AvgIpc) is 4.26. The molecule has 4 fully saturated rings. The highest BCUT2D eigenvalue weighted by molar-refractivity contribution is 7.13. The minimum Gasteiger partial charge on any atom is -0.508 e. The summed E-state index contributed by atoms with van der Waals surface area (Å²) in [5.41, 5.74) is 6.56. The van der Waals surface area contributed by atoms with Gasteiger partial charge in [-0.05, 0) is 116 Å². The molecule has 0 spiro atoms. The number of carbonyl (C=O) groups excluding carboxylic acids is 2. The second kappa shape index (κ2) is 22.3. The van der Waals surface area contributed by atoms with E-state index in [4.69, 9.17) is 28.9 Å². The highest BCUT2D eigenvalue weighted by atomic mass is 32.1. The van der Waals surface area contributed by atoms with Crippen molar-refractivity contribution < 1.29 is 38.2 Å². The Morgan fingerprint density at radius 3 is 2.48 bits per heavy atom. The number of aliphatic hydroxyl groups excluding tert-OH is 1. The van der Waals surface area contributed by atoms with E-state index in [0.717, 1.165) is 96.3 Å². The number of phenolic OH excluding ortho intramolecular Hbond substituents is 1. The van der Waals surface area contributed by atoms with E-state index in [0.29, 0.717) is 60.2 Å². The summed E-state index contributed by atoms with van der Waals surface area (Å²) < 4.78 is 35.4. The summed E-state index contributed by atoms with van der Waals surface area (Å²) in [6.45, 7) is 14.3. The Morgan fingerprint density at radius 1 is 0.974 bits per heavy atom. The Bertz CT molecular complexity index is 3260. The van der Waals surface area contributed by atoms with Gasteiger partial charge in [0, 0.05) is 62.5 Å². The number of anilines is 1. The number of aliphatic hydroxyl groups is 1. The number of phenols is 1. The van der Waals surface area contributed by atoms with Gasteiger partial charge in [-0.2, -0.15) is 9.97 Å². The fourth-order valence-corrected chi connectivity index (χ4v) is 12.7. The number of hydrogen-bond donors (Lipinski definition) is 4. The first-order chi connectivity index (χ1) is 37.3. The highest BCUT2D eigenvalue weighted by Crippen LogP contribution is 2.40. The van der Waals surface area contributed by atoms with Crippen LogP contribution in [0.2, 0.25) is 0 Å². The number of pyridine rings is 1. The van der Waals surface area contributed by atoms with Crippen molar-refractivity contribution in [2.45, 2.75) is 109 Å². The van der Waals surface area contributed by atoms with Crippen LogP contribution in [0.25, 0.3) is 43.4 Å². The molecule has 4 N–H and O–H groups in total. The molecule has 0 aliphatic carbocycles. The number of rotatable bonds is 17. The number of thiazole rings is 1. The molecular weight excluding hydrogens is 1000 g/mol. The number of likely N-dealkylation sites (tertiary alicyclic amines) is 2. The second-order valence-electron chi connectivity index (χ2n) is 21.7. The van der Waals surface area contributed by atoms with Crippen molar-refractivity contribution in [3.63, 3.8) is 0 Å². The average molecular weight is 1070 g/mol. The van der Waals surface area contributed by atoms with Gasteiger partial charge in [-0.3, -0.25) is 19.5 Å². The molecule has 0 saturated carbocycles. The molecule has 2 amide bonds. The molecule has 3 aromatic carbocycles. The third kappa shape index (κ3) is 10.9. The number of halogens is 1.